The molecule has 0 bridgehead atoms. The zero-order valence-electron chi connectivity index (χ0n) is 17.2. The lowest BCUT2D eigenvalue weighted by Crippen LogP contribution is -2.56. The van der Waals surface area contributed by atoms with Crippen molar-refractivity contribution < 1.29 is 9.53 Å². The second kappa shape index (κ2) is 6.15. The summed E-state index contributed by atoms with van der Waals surface area (Å²) in [7, 11) is 0. The molecule has 0 aromatic heterocycles. The second-order valence-electron chi connectivity index (χ2n) is 10.3. The lowest BCUT2D eigenvalue weighted by atomic mass is 9.53. The number of carbonyl (C=O) groups excluding carboxylic acids is 1. The maximum Gasteiger partial charge on any atom is 0.156 e. The highest BCUT2D eigenvalue weighted by atomic mass is 16.5. The number of nitrogens with zero attached hydrogens (tertiary/aromatic N) is 1. The Morgan fingerprint density at radius 1 is 1.14 bits per heavy atom. The molecule has 6 rings (SSSR count). The smallest absolute Gasteiger partial charge is 0.156 e. The number of hydrogen-bond donors (Lipinski definition) is 0. The van der Waals surface area contributed by atoms with Gasteiger partial charge in [-0.15, -0.1) is 0 Å². The van der Waals surface area contributed by atoms with Crippen LogP contribution < -0.4 is 0 Å². The molecular weight excluding hydrogens is 346 g/mol. The van der Waals surface area contributed by atoms with E-state index in [0.717, 1.165) is 31.8 Å². The van der Waals surface area contributed by atoms with Gasteiger partial charge in [0.05, 0.1) is 12.2 Å². The third-order valence-corrected chi connectivity index (χ3v) is 9.30. The molecule has 2 aliphatic heterocycles. The number of fused-ring (bicyclic) bond motifs is 5. The monoisotopic (exact) mass is 379 g/mol. The average molecular weight is 380 g/mol. The van der Waals surface area contributed by atoms with Crippen molar-refractivity contribution in [3.05, 3.63) is 34.9 Å². The van der Waals surface area contributed by atoms with Crippen LogP contribution in [0, 0.1) is 17.3 Å². The molecule has 0 N–H and O–H groups in total. The van der Waals surface area contributed by atoms with E-state index in [1.54, 1.807) is 11.1 Å². The Kier molecular flexibility index (Phi) is 3.88. The van der Waals surface area contributed by atoms with E-state index in [0.29, 0.717) is 17.7 Å². The lowest BCUT2D eigenvalue weighted by molar-refractivity contribution is -0.114. The summed E-state index contributed by atoms with van der Waals surface area (Å²) in [6.07, 6.45) is 17.2. The SMILES string of the molecule is C[C@]12C[C@H](N3CCCC3)C3=C4CCC(=O)C=C4CC[C@H]3[C@@H]1CC[C@@]21C=CCO1. The van der Waals surface area contributed by atoms with Crippen LogP contribution in [0.15, 0.2) is 34.9 Å². The molecule has 1 saturated heterocycles. The Balaban J connectivity index is 1.49. The summed E-state index contributed by atoms with van der Waals surface area (Å²) in [6.45, 7) is 5.85. The van der Waals surface area contributed by atoms with Crippen LogP contribution >= 0.6 is 0 Å². The van der Waals surface area contributed by atoms with Crippen LogP contribution in [0.2, 0.25) is 0 Å². The van der Waals surface area contributed by atoms with Crippen LogP contribution in [0.5, 0.6) is 0 Å². The standard InChI is InChI=1S/C25H33NO2/c1-24-16-22(26-12-2-3-13-26)23-19-8-6-18(27)15-17(19)5-7-20(23)21(24)9-11-25(24)10-4-14-28-25/h4,10,15,20-22H,2-3,5-9,11-14,16H2,1H3/t20-,21-,22-,24-,25-/m0/s1. The Morgan fingerprint density at radius 3 is 2.79 bits per heavy atom. The largest absolute Gasteiger partial charge is 0.366 e. The number of carbonyl (C=O) groups is 1. The van der Waals surface area contributed by atoms with Gasteiger partial charge < -0.3 is 4.74 Å². The van der Waals surface area contributed by atoms with Crippen molar-refractivity contribution in [2.75, 3.05) is 19.7 Å². The molecule has 28 heavy (non-hydrogen) atoms. The molecule has 150 valence electrons. The first-order chi connectivity index (χ1) is 13.6. The predicted molar refractivity (Wildman–Crippen MR) is 110 cm³/mol. The van der Waals surface area contributed by atoms with Gasteiger partial charge in [0.1, 0.15) is 0 Å². The van der Waals surface area contributed by atoms with Gasteiger partial charge in [0, 0.05) is 17.9 Å². The second-order valence-corrected chi connectivity index (χ2v) is 10.3. The summed E-state index contributed by atoms with van der Waals surface area (Å²) in [4.78, 5) is 14.9. The fourth-order valence-corrected chi connectivity index (χ4v) is 8.01. The van der Waals surface area contributed by atoms with E-state index in [2.05, 4.69) is 24.0 Å². The van der Waals surface area contributed by atoms with Gasteiger partial charge in [0.2, 0.25) is 0 Å². The minimum Gasteiger partial charge on any atom is -0.366 e. The molecule has 3 nitrogen and oxygen atoms in total. The van der Waals surface area contributed by atoms with E-state index < -0.39 is 0 Å². The summed E-state index contributed by atoms with van der Waals surface area (Å²) in [5, 5.41) is 0. The summed E-state index contributed by atoms with van der Waals surface area (Å²) >= 11 is 0. The van der Waals surface area contributed by atoms with Gasteiger partial charge >= 0.3 is 0 Å². The minimum absolute atomic E-state index is 0.0233. The predicted octanol–water partition coefficient (Wildman–Crippen LogP) is 4.59. The first-order valence-electron chi connectivity index (χ1n) is 11.6. The summed E-state index contributed by atoms with van der Waals surface area (Å²) < 4.78 is 6.48. The van der Waals surface area contributed by atoms with E-state index in [4.69, 9.17) is 4.74 Å². The Bertz CT molecular complexity index is 801. The average Bonchev–Trinajstić information content (AvgIpc) is 3.43. The number of rotatable bonds is 1. The fraction of sp³-hybridized carbons (Fsp3) is 0.720. The van der Waals surface area contributed by atoms with Crippen molar-refractivity contribution in [2.24, 2.45) is 17.3 Å². The normalized spacial score (nSPS) is 45.4. The minimum atomic E-state index is -0.0233. The van der Waals surface area contributed by atoms with Crippen LogP contribution in [0.1, 0.15) is 64.7 Å². The highest BCUT2D eigenvalue weighted by Gasteiger charge is 2.64. The molecule has 0 amide bonds. The number of allylic oxidation sites excluding steroid dienone is 3. The molecule has 3 heteroatoms. The molecule has 5 atom stereocenters. The molecule has 0 aromatic carbocycles. The van der Waals surface area contributed by atoms with Crippen LogP contribution in [-0.4, -0.2) is 42.0 Å². The quantitative estimate of drug-likeness (QED) is 0.624. The Morgan fingerprint density at radius 2 is 2.00 bits per heavy atom. The van der Waals surface area contributed by atoms with Crippen molar-refractivity contribution in [3.63, 3.8) is 0 Å². The molecule has 3 fully saturated rings. The van der Waals surface area contributed by atoms with E-state index in [1.807, 2.05) is 6.08 Å². The van der Waals surface area contributed by atoms with E-state index >= 15 is 0 Å². The molecule has 2 saturated carbocycles. The maximum atomic E-state index is 12.1. The number of ketones is 1. The summed E-state index contributed by atoms with van der Waals surface area (Å²) in [5.41, 5.74) is 4.96. The zero-order chi connectivity index (χ0) is 18.9. The number of likely N-dealkylation sites (tertiary alicyclic amines) is 1. The van der Waals surface area contributed by atoms with Crippen molar-refractivity contribution >= 4 is 5.78 Å². The molecular formula is C25H33NO2. The van der Waals surface area contributed by atoms with Gasteiger partial charge in [-0.05, 0) is 99.1 Å². The molecule has 1 spiro atoms. The summed E-state index contributed by atoms with van der Waals surface area (Å²) in [5.74, 6) is 1.78. The van der Waals surface area contributed by atoms with E-state index in [9.17, 15) is 4.79 Å². The fourth-order valence-electron chi connectivity index (χ4n) is 8.01. The van der Waals surface area contributed by atoms with Crippen molar-refractivity contribution in [2.45, 2.75) is 76.4 Å². The van der Waals surface area contributed by atoms with Crippen LogP contribution in [-0.2, 0) is 9.53 Å². The Hall–Kier alpha value is -1.19. The van der Waals surface area contributed by atoms with Crippen LogP contribution in [0.25, 0.3) is 0 Å². The maximum absolute atomic E-state index is 12.1. The van der Waals surface area contributed by atoms with E-state index in [-0.39, 0.29) is 11.0 Å². The first kappa shape index (κ1) is 17.7. The van der Waals surface area contributed by atoms with Crippen molar-refractivity contribution in [1.82, 2.24) is 4.90 Å². The van der Waals surface area contributed by atoms with Gasteiger partial charge in [0.15, 0.2) is 5.78 Å². The summed E-state index contributed by atoms with van der Waals surface area (Å²) in [6, 6.07) is 0.563. The topological polar surface area (TPSA) is 29.5 Å². The molecule has 0 radical (unpaired) electrons. The van der Waals surface area contributed by atoms with Gasteiger partial charge in [0.25, 0.3) is 0 Å². The highest BCUT2D eigenvalue weighted by Crippen LogP contribution is 2.66. The molecule has 2 heterocycles. The van der Waals surface area contributed by atoms with Crippen molar-refractivity contribution in [3.8, 4) is 0 Å². The third-order valence-electron chi connectivity index (χ3n) is 9.30. The van der Waals surface area contributed by atoms with Gasteiger partial charge in [-0.3, -0.25) is 9.69 Å². The zero-order valence-corrected chi connectivity index (χ0v) is 17.2. The van der Waals surface area contributed by atoms with Crippen LogP contribution in [0.4, 0.5) is 0 Å². The van der Waals surface area contributed by atoms with E-state index in [1.165, 1.54) is 57.2 Å². The first-order valence-corrected chi connectivity index (χ1v) is 11.6. The van der Waals surface area contributed by atoms with Gasteiger partial charge in [-0.2, -0.15) is 0 Å². The van der Waals surface area contributed by atoms with Crippen LogP contribution in [0.3, 0.4) is 0 Å². The Labute approximate surface area is 168 Å². The molecule has 0 aromatic rings. The molecule has 6 aliphatic rings. The lowest BCUT2D eigenvalue weighted by Gasteiger charge is -2.56. The third kappa shape index (κ3) is 2.26. The molecule has 0 unspecified atom stereocenters. The van der Waals surface area contributed by atoms with Gasteiger partial charge in [-0.25, -0.2) is 0 Å². The number of ether oxygens (including phenoxy) is 1. The highest BCUT2D eigenvalue weighted by molar-refractivity contribution is 5.93. The van der Waals surface area contributed by atoms with Gasteiger partial charge in [-0.1, -0.05) is 19.1 Å². The number of hydrogen-bond acceptors (Lipinski definition) is 3. The molecule has 4 aliphatic carbocycles. The van der Waals surface area contributed by atoms with Crippen molar-refractivity contribution in [1.29, 1.82) is 0 Å².